The van der Waals surface area contributed by atoms with Gasteiger partial charge in [0.25, 0.3) is 5.91 Å². The van der Waals surface area contributed by atoms with E-state index in [0.717, 1.165) is 37.2 Å². The van der Waals surface area contributed by atoms with Gasteiger partial charge in [-0.25, -0.2) is 0 Å². The second kappa shape index (κ2) is 8.19. The van der Waals surface area contributed by atoms with Gasteiger partial charge in [0, 0.05) is 43.4 Å². The summed E-state index contributed by atoms with van der Waals surface area (Å²) in [5, 5.41) is 7.64. The Morgan fingerprint density at radius 2 is 1.93 bits per heavy atom. The van der Waals surface area contributed by atoms with Crippen LogP contribution in [0.5, 0.6) is 0 Å². The summed E-state index contributed by atoms with van der Waals surface area (Å²) < 4.78 is 5.30. The molecule has 2 aliphatic heterocycles. The molecular weight excluding hydrogens is 364 g/mol. The lowest BCUT2D eigenvalue weighted by Gasteiger charge is -2.36. The fourth-order valence-corrected chi connectivity index (χ4v) is 5.13. The number of carbonyl (C=O) groups is 1. The molecule has 2 bridgehead atoms. The average Bonchev–Trinajstić information content (AvgIpc) is 3.23. The summed E-state index contributed by atoms with van der Waals surface area (Å²) in [6.07, 6.45) is 3.45. The number of hydrogen-bond donors (Lipinski definition) is 1. The predicted octanol–water partition coefficient (Wildman–Crippen LogP) is 3.99. The molecule has 0 spiro atoms. The van der Waals surface area contributed by atoms with E-state index in [9.17, 15) is 4.79 Å². The van der Waals surface area contributed by atoms with E-state index < -0.39 is 0 Å². The molecule has 29 heavy (non-hydrogen) atoms. The van der Waals surface area contributed by atoms with Crippen LogP contribution in [-0.2, 0) is 6.54 Å². The molecule has 3 heterocycles. The Hall–Kier alpha value is -2.34. The highest BCUT2D eigenvalue weighted by Crippen LogP contribution is 2.32. The van der Waals surface area contributed by atoms with Gasteiger partial charge in [-0.2, -0.15) is 0 Å². The molecule has 2 atom stereocenters. The Balaban J connectivity index is 1.72. The van der Waals surface area contributed by atoms with E-state index in [1.165, 1.54) is 6.42 Å². The minimum absolute atomic E-state index is 0.0162. The molecule has 1 aromatic carbocycles. The summed E-state index contributed by atoms with van der Waals surface area (Å²) in [6.45, 7) is 10.5. The molecule has 2 aliphatic rings. The second-order valence-electron chi connectivity index (χ2n) is 8.68. The first-order chi connectivity index (χ1) is 14.0. The van der Waals surface area contributed by atoms with Crippen molar-refractivity contribution >= 4 is 11.6 Å². The minimum Gasteiger partial charge on any atom is -0.385 e. The number of aromatic nitrogens is 1. The van der Waals surface area contributed by atoms with Crippen LogP contribution in [0.25, 0.3) is 0 Å². The molecule has 6 heteroatoms. The maximum absolute atomic E-state index is 13.6. The van der Waals surface area contributed by atoms with E-state index in [2.05, 4.69) is 47.4 Å². The van der Waals surface area contributed by atoms with E-state index in [1.54, 1.807) is 0 Å². The Bertz CT molecular complexity index is 856. The molecule has 1 aromatic heterocycles. The number of nitrogens with zero attached hydrogens (tertiary/aromatic N) is 3. The van der Waals surface area contributed by atoms with Crippen molar-refractivity contribution in [1.29, 1.82) is 0 Å². The van der Waals surface area contributed by atoms with Gasteiger partial charge in [-0.1, -0.05) is 23.4 Å². The zero-order chi connectivity index (χ0) is 20.5. The summed E-state index contributed by atoms with van der Waals surface area (Å²) in [6, 6.07) is 9.75. The van der Waals surface area contributed by atoms with Crippen LogP contribution in [0.4, 0.5) is 5.69 Å². The summed E-state index contributed by atoms with van der Waals surface area (Å²) in [5.41, 5.74) is 3.55. The van der Waals surface area contributed by atoms with Crippen LogP contribution in [0.2, 0.25) is 0 Å². The smallest absolute Gasteiger partial charge is 0.259 e. The Morgan fingerprint density at radius 1 is 1.17 bits per heavy atom. The highest BCUT2D eigenvalue weighted by molar-refractivity contribution is 5.96. The van der Waals surface area contributed by atoms with Crippen LogP contribution in [0, 0.1) is 13.8 Å². The summed E-state index contributed by atoms with van der Waals surface area (Å²) >= 11 is 0. The lowest BCUT2D eigenvalue weighted by Crippen LogP contribution is -2.48. The van der Waals surface area contributed by atoms with Crippen LogP contribution in [0.1, 0.15) is 60.5 Å². The van der Waals surface area contributed by atoms with Gasteiger partial charge in [-0.05, 0) is 58.6 Å². The standard InChI is InChI=1S/C23H32N4O2/c1-15(2)27-19-9-10-20(27)14-26(23(28)22-16(3)25-29-17(22)4)13-18-7-5-6-8-21(18)24-12-11-19/h5-8,15,19-20,24H,9-14H2,1-4H3/t19-,20+/m1/s1. The third-order valence-corrected chi connectivity index (χ3v) is 6.41. The number of benzene rings is 1. The molecule has 2 aromatic rings. The van der Waals surface area contributed by atoms with Crippen molar-refractivity contribution in [2.75, 3.05) is 18.4 Å². The molecule has 0 unspecified atom stereocenters. The van der Waals surface area contributed by atoms with Crippen molar-refractivity contribution in [3.05, 3.63) is 46.8 Å². The largest absolute Gasteiger partial charge is 0.385 e. The van der Waals surface area contributed by atoms with Gasteiger partial charge < -0.3 is 14.7 Å². The maximum atomic E-state index is 13.6. The highest BCUT2D eigenvalue weighted by atomic mass is 16.5. The van der Waals surface area contributed by atoms with Crippen LogP contribution >= 0.6 is 0 Å². The number of para-hydroxylation sites is 1. The third kappa shape index (κ3) is 3.90. The molecule has 1 fully saturated rings. The summed E-state index contributed by atoms with van der Waals surface area (Å²) in [4.78, 5) is 18.2. The fraction of sp³-hybridized carbons (Fsp3) is 0.565. The first-order valence-corrected chi connectivity index (χ1v) is 10.8. The maximum Gasteiger partial charge on any atom is 0.259 e. The molecular formula is C23H32N4O2. The van der Waals surface area contributed by atoms with E-state index in [-0.39, 0.29) is 5.91 Å². The van der Waals surface area contributed by atoms with Gasteiger partial charge in [0.2, 0.25) is 0 Å². The van der Waals surface area contributed by atoms with Crippen molar-refractivity contribution in [1.82, 2.24) is 15.0 Å². The Kier molecular flexibility index (Phi) is 5.63. The SMILES string of the molecule is Cc1noc(C)c1C(=O)N1Cc2ccccc2NCC[C@H]2CC[C@@H](C1)N2C(C)C. The van der Waals surface area contributed by atoms with E-state index in [4.69, 9.17) is 4.52 Å². The van der Waals surface area contributed by atoms with Crippen LogP contribution in [0.15, 0.2) is 28.8 Å². The van der Waals surface area contributed by atoms with Crippen molar-refractivity contribution in [2.45, 2.75) is 71.6 Å². The highest BCUT2D eigenvalue weighted by Gasteiger charge is 2.37. The second-order valence-corrected chi connectivity index (χ2v) is 8.68. The third-order valence-electron chi connectivity index (χ3n) is 6.41. The van der Waals surface area contributed by atoms with Gasteiger partial charge >= 0.3 is 0 Å². The van der Waals surface area contributed by atoms with Gasteiger partial charge in [-0.3, -0.25) is 9.69 Å². The van der Waals surface area contributed by atoms with Crippen LogP contribution in [-0.4, -0.2) is 52.1 Å². The number of rotatable bonds is 2. The first-order valence-electron chi connectivity index (χ1n) is 10.8. The lowest BCUT2D eigenvalue weighted by molar-refractivity contribution is 0.0631. The van der Waals surface area contributed by atoms with Crippen molar-refractivity contribution in [2.24, 2.45) is 0 Å². The number of amides is 1. The predicted molar refractivity (Wildman–Crippen MR) is 114 cm³/mol. The Morgan fingerprint density at radius 3 is 2.66 bits per heavy atom. The molecule has 1 saturated heterocycles. The first kappa shape index (κ1) is 20.0. The molecule has 0 aliphatic carbocycles. The van der Waals surface area contributed by atoms with Crippen molar-refractivity contribution in [3.8, 4) is 0 Å². The number of fused-ring (bicyclic) bond motifs is 3. The summed E-state index contributed by atoms with van der Waals surface area (Å²) in [5.74, 6) is 0.612. The number of aryl methyl sites for hydroxylation is 2. The quantitative estimate of drug-likeness (QED) is 0.832. The van der Waals surface area contributed by atoms with Crippen molar-refractivity contribution in [3.63, 3.8) is 0 Å². The molecule has 156 valence electrons. The molecule has 0 saturated carbocycles. The van der Waals surface area contributed by atoms with Crippen LogP contribution < -0.4 is 5.32 Å². The topological polar surface area (TPSA) is 61.6 Å². The number of anilines is 1. The van der Waals surface area contributed by atoms with Gasteiger partial charge in [0.1, 0.15) is 11.3 Å². The van der Waals surface area contributed by atoms with E-state index in [0.29, 0.717) is 41.7 Å². The Labute approximate surface area is 173 Å². The van der Waals surface area contributed by atoms with E-state index in [1.807, 2.05) is 24.8 Å². The van der Waals surface area contributed by atoms with Gasteiger partial charge in [-0.15, -0.1) is 0 Å². The van der Waals surface area contributed by atoms with Crippen molar-refractivity contribution < 1.29 is 9.32 Å². The number of hydrogen-bond acceptors (Lipinski definition) is 5. The number of nitrogens with one attached hydrogen (secondary N) is 1. The molecule has 6 nitrogen and oxygen atoms in total. The average molecular weight is 397 g/mol. The lowest BCUT2D eigenvalue weighted by atomic mass is 10.1. The van der Waals surface area contributed by atoms with Gasteiger partial charge in [0.15, 0.2) is 0 Å². The molecule has 1 N–H and O–H groups in total. The number of carbonyl (C=O) groups excluding carboxylic acids is 1. The fourth-order valence-electron chi connectivity index (χ4n) is 5.13. The van der Waals surface area contributed by atoms with E-state index >= 15 is 0 Å². The minimum atomic E-state index is 0.0162. The normalized spacial score (nSPS) is 22.9. The zero-order valence-electron chi connectivity index (χ0n) is 17.9. The molecule has 0 radical (unpaired) electrons. The van der Waals surface area contributed by atoms with Crippen LogP contribution in [0.3, 0.4) is 0 Å². The molecule has 4 rings (SSSR count). The summed E-state index contributed by atoms with van der Waals surface area (Å²) in [7, 11) is 0. The monoisotopic (exact) mass is 396 g/mol. The van der Waals surface area contributed by atoms with Gasteiger partial charge in [0.05, 0.1) is 5.69 Å². The zero-order valence-corrected chi connectivity index (χ0v) is 17.9. The molecule has 1 amide bonds.